The van der Waals surface area contributed by atoms with Crippen molar-refractivity contribution in [1.29, 1.82) is 0 Å². The van der Waals surface area contributed by atoms with Gasteiger partial charge in [-0.25, -0.2) is 0 Å². The minimum atomic E-state index is 0.914. The number of benzene rings is 2. The van der Waals surface area contributed by atoms with Crippen molar-refractivity contribution >= 4 is 23.8 Å². The molecule has 0 saturated carbocycles. The molecule has 2 aliphatic heterocycles. The highest BCUT2D eigenvalue weighted by Gasteiger charge is 2.04. The molecular formula is C14H8N4. The first-order valence-corrected chi connectivity index (χ1v) is 5.68. The van der Waals surface area contributed by atoms with E-state index in [9.17, 15) is 0 Å². The van der Waals surface area contributed by atoms with Crippen molar-refractivity contribution < 1.29 is 0 Å². The molecule has 0 aromatic heterocycles. The van der Waals surface area contributed by atoms with Gasteiger partial charge in [0.1, 0.15) is 0 Å². The van der Waals surface area contributed by atoms with Crippen molar-refractivity contribution in [2.24, 2.45) is 20.5 Å². The normalized spacial score (nSPS) is 16.0. The summed E-state index contributed by atoms with van der Waals surface area (Å²) < 4.78 is 0. The molecule has 0 bridgehead atoms. The van der Waals surface area contributed by atoms with Gasteiger partial charge in [0.15, 0.2) is 0 Å². The van der Waals surface area contributed by atoms with Crippen LogP contribution < -0.4 is 10.4 Å². The predicted molar refractivity (Wildman–Crippen MR) is 67.8 cm³/mol. The van der Waals surface area contributed by atoms with Crippen molar-refractivity contribution in [3.8, 4) is 0 Å². The van der Waals surface area contributed by atoms with Gasteiger partial charge < -0.3 is 0 Å². The van der Waals surface area contributed by atoms with E-state index in [0.717, 1.165) is 32.2 Å². The standard InChI is InChI=1S/C14H8N4/c1-3-9(11-7-15-17-13(11)5-1)10-4-2-6-14-12(10)8-16-18-14/h1-8H. The molecule has 4 nitrogen and oxygen atoms in total. The number of hydrogen-bond donors (Lipinski definition) is 0. The van der Waals surface area contributed by atoms with Gasteiger partial charge in [-0.2, -0.15) is 20.5 Å². The summed E-state index contributed by atoms with van der Waals surface area (Å²) in [6, 6.07) is 12.1. The highest BCUT2D eigenvalue weighted by molar-refractivity contribution is 5.51. The smallest absolute Gasteiger partial charge is 0.0951 e. The number of nitrogens with zero attached hydrogens (tertiary/aromatic N) is 4. The number of fused-ring (bicyclic) bond motifs is 2. The van der Waals surface area contributed by atoms with Crippen LogP contribution in [-0.2, 0) is 0 Å². The Hall–Kier alpha value is -2.62. The lowest BCUT2D eigenvalue weighted by Crippen LogP contribution is -2.07. The zero-order valence-electron chi connectivity index (χ0n) is 9.41. The molecule has 84 valence electrons. The van der Waals surface area contributed by atoms with Crippen LogP contribution in [0.5, 0.6) is 0 Å². The summed E-state index contributed by atoms with van der Waals surface area (Å²) in [6.07, 6.45) is 3.60. The molecule has 2 aromatic carbocycles. The van der Waals surface area contributed by atoms with Crippen LogP contribution in [0, 0.1) is 10.4 Å². The highest BCUT2D eigenvalue weighted by atomic mass is 15.1. The van der Waals surface area contributed by atoms with Gasteiger partial charge in [-0.05, 0) is 22.6 Å². The van der Waals surface area contributed by atoms with Crippen LogP contribution >= 0.6 is 0 Å². The van der Waals surface area contributed by atoms with E-state index in [1.165, 1.54) is 0 Å². The molecule has 4 rings (SSSR count). The van der Waals surface area contributed by atoms with E-state index in [2.05, 4.69) is 32.6 Å². The molecule has 4 heteroatoms. The summed E-state index contributed by atoms with van der Waals surface area (Å²) in [5.74, 6) is 0. The molecule has 0 aliphatic carbocycles. The first-order valence-electron chi connectivity index (χ1n) is 5.68. The molecule has 0 spiro atoms. The van der Waals surface area contributed by atoms with E-state index in [-0.39, 0.29) is 0 Å². The molecule has 0 atom stereocenters. The molecule has 0 amide bonds. The fraction of sp³-hybridized carbons (Fsp3) is 0. The van der Waals surface area contributed by atoms with Gasteiger partial charge in [-0.3, -0.25) is 0 Å². The maximum Gasteiger partial charge on any atom is 0.0951 e. The van der Waals surface area contributed by atoms with E-state index < -0.39 is 0 Å². The van der Waals surface area contributed by atoms with Gasteiger partial charge in [0.25, 0.3) is 0 Å². The van der Waals surface area contributed by atoms with Crippen molar-refractivity contribution in [3.63, 3.8) is 0 Å². The quantitative estimate of drug-likeness (QED) is 0.670. The van der Waals surface area contributed by atoms with Gasteiger partial charge in [0, 0.05) is 10.4 Å². The van der Waals surface area contributed by atoms with Crippen LogP contribution in [-0.4, -0.2) is 0 Å². The van der Waals surface area contributed by atoms with Gasteiger partial charge >= 0.3 is 0 Å². The largest absolute Gasteiger partial charge is 0.158 e. The second kappa shape index (κ2) is 3.43. The third-order valence-corrected chi connectivity index (χ3v) is 3.16. The molecule has 18 heavy (non-hydrogen) atoms. The van der Waals surface area contributed by atoms with Crippen LogP contribution in [0.25, 0.3) is 12.4 Å². The van der Waals surface area contributed by atoms with Gasteiger partial charge in [-0.1, -0.05) is 24.3 Å². The summed E-state index contributed by atoms with van der Waals surface area (Å²) in [5.41, 5.74) is 1.83. The molecule has 0 N–H and O–H groups in total. The van der Waals surface area contributed by atoms with Gasteiger partial charge in [0.2, 0.25) is 0 Å². The van der Waals surface area contributed by atoms with Crippen molar-refractivity contribution in [3.05, 3.63) is 57.3 Å². The summed E-state index contributed by atoms with van der Waals surface area (Å²) >= 11 is 0. The van der Waals surface area contributed by atoms with Crippen LogP contribution in [0.3, 0.4) is 0 Å². The lowest BCUT2D eigenvalue weighted by Gasteiger charge is -1.94. The lowest BCUT2D eigenvalue weighted by atomic mass is 10.1. The van der Waals surface area contributed by atoms with Crippen molar-refractivity contribution in [2.45, 2.75) is 0 Å². The third-order valence-electron chi connectivity index (χ3n) is 3.16. The van der Waals surface area contributed by atoms with Crippen molar-refractivity contribution in [1.82, 2.24) is 0 Å². The third kappa shape index (κ3) is 1.20. The molecular weight excluding hydrogens is 224 g/mol. The Kier molecular flexibility index (Phi) is 1.80. The molecule has 0 fully saturated rings. The van der Waals surface area contributed by atoms with E-state index in [0.29, 0.717) is 0 Å². The topological polar surface area (TPSA) is 49.4 Å². The Morgan fingerprint density at radius 3 is 1.61 bits per heavy atom. The Morgan fingerprint density at radius 2 is 1.11 bits per heavy atom. The first-order chi connectivity index (χ1) is 8.93. The molecule has 0 unspecified atom stereocenters. The van der Waals surface area contributed by atoms with Crippen LogP contribution in [0.4, 0.5) is 11.4 Å². The van der Waals surface area contributed by atoms with Crippen molar-refractivity contribution in [2.75, 3.05) is 0 Å². The minimum Gasteiger partial charge on any atom is -0.158 e. The lowest BCUT2D eigenvalue weighted by molar-refractivity contribution is 1.31. The zero-order valence-corrected chi connectivity index (χ0v) is 9.41. The van der Waals surface area contributed by atoms with E-state index in [4.69, 9.17) is 0 Å². The Bertz CT molecular complexity index is 846. The maximum atomic E-state index is 4.09. The van der Waals surface area contributed by atoms with E-state index in [1.807, 2.05) is 24.3 Å². The van der Waals surface area contributed by atoms with Crippen LogP contribution in [0.15, 0.2) is 56.9 Å². The Balaban J connectivity index is 2.34. The fourth-order valence-electron chi connectivity index (χ4n) is 2.32. The predicted octanol–water partition coefficient (Wildman–Crippen LogP) is 2.64. The van der Waals surface area contributed by atoms with E-state index >= 15 is 0 Å². The van der Waals surface area contributed by atoms with Crippen LogP contribution in [0.1, 0.15) is 0 Å². The second-order valence-corrected chi connectivity index (χ2v) is 4.17. The molecule has 2 heterocycles. The number of hydrogen-bond acceptors (Lipinski definition) is 4. The molecule has 0 radical (unpaired) electrons. The second-order valence-electron chi connectivity index (χ2n) is 4.17. The zero-order chi connectivity index (χ0) is 11.9. The summed E-state index contributed by atoms with van der Waals surface area (Å²) in [4.78, 5) is 0. The minimum absolute atomic E-state index is 0.914. The summed E-state index contributed by atoms with van der Waals surface area (Å²) in [7, 11) is 0. The first kappa shape index (κ1) is 9.41. The van der Waals surface area contributed by atoms with Gasteiger partial charge in [0.05, 0.1) is 23.8 Å². The Labute approximate surface area is 102 Å². The highest BCUT2D eigenvalue weighted by Crippen LogP contribution is 2.13. The SMILES string of the molecule is C1=c2c(cccc2=c2cccc3c2=CN=N3)N=N1. The average molecular weight is 232 g/mol. The maximum absolute atomic E-state index is 4.09. The molecule has 0 saturated heterocycles. The van der Waals surface area contributed by atoms with Crippen LogP contribution in [0.2, 0.25) is 0 Å². The molecule has 2 aliphatic rings. The molecule has 2 aromatic rings. The number of azo groups is 2. The summed E-state index contributed by atoms with van der Waals surface area (Å²) in [5, 5.41) is 20.5. The van der Waals surface area contributed by atoms with E-state index in [1.54, 1.807) is 12.4 Å². The Morgan fingerprint density at radius 1 is 0.611 bits per heavy atom. The monoisotopic (exact) mass is 232 g/mol. The fourth-order valence-corrected chi connectivity index (χ4v) is 2.32. The summed E-state index contributed by atoms with van der Waals surface area (Å²) in [6.45, 7) is 0. The van der Waals surface area contributed by atoms with Gasteiger partial charge in [-0.15, -0.1) is 0 Å². The number of rotatable bonds is 0. The average Bonchev–Trinajstić information content (AvgIpc) is 3.06.